The van der Waals surface area contributed by atoms with Crippen molar-refractivity contribution >= 4 is 35.0 Å². The number of halogens is 2. The van der Waals surface area contributed by atoms with Gasteiger partial charge in [-0.3, -0.25) is 19.4 Å². The van der Waals surface area contributed by atoms with Gasteiger partial charge in [0, 0.05) is 32.0 Å². The highest BCUT2D eigenvalue weighted by Crippen LogP contribution is 2.36. The molecule has 0 spiro atoms. The summed E-state index contributed by atoms with van der Waals surface area (Å²) in [4.78, 5) is 50.4. The summed E-state index contributed by atoms with van der Waals surface area (Å²) in [6.45, 7) is 1.52. The van der Waals surface area contributed by atoms with E-state index in [1.165, 1.54) is 17.3 Å². The van der Waals surface area contributed by atoms with E-state index in [0.717, 1.165) is 0 Å². The first-order valence-electron chi connectivity index (χ1n) is 11.8. The van der Waals surface area contributed by atoms with Crippen LogP contribution in [-0.4, -0.2) is 67.5 Å². The number of aromatic nitrogens is 3. The standard InChI is InChI=1S/C25H23Cl2N5O5/c26-16-13-28-14-17(27)19(16)24(35)31-8-4-7-18(31)22-29-23(34)21(33)20-25(36)30(9-10-32(20)22)11-12-37-15-5-2-1-3-6-15/h1-3,5-6,13-14,18,33H,4,7-12H2/t18-/m0/s1. The molecule has 0 radical (unpaired) electrons. The third-order valence-corrected chi connectivity index (χ3v) is 7.10. The fraction of sp³-hybridized carbons (Fsp3) is 0.320. The molecular formula is C25H23Cl2N5O5. The molecule has 192 valence electrons. The van der Waals surface area contributed by atoms with Crippen LogP contribution in [0.5, 0.6) is 11.5 Å². The Balaban J connectivity index is 1.42. The Labute approximate surface area is 222 Å². The molecule has 1 atom stereocenters. The van der Waals surface area contributed by atoms with Gasteiger partial charge < -0.3 is 24.2 Å². The van der Waals surface area contributed by atoms with Crippen molar-refractivity contribution in [1.29, 1.82) is 0 Å². The van der Waals surface area contributed by atoms with E-state index >= 15 is 0 Å². The second-order valence-corrected chi connectivity index (χ2v) is 9.53. The van der Waals surface area contributed by atoms with E-state index in [-0.39, 0.29) is 46.8 Å². The number of amides is 2. The molecule has 2 amide bonds. The van der Waals surface area contributed by atoms with Gasteiger partial charge in [-0.15, -0.1) is 0 Å². The molecule has 1 saturated heterocycles. The summed E-state index contributed by atoms with van der Waals surface area (Å²) in [5, 5.41) is 10.8. The molecule has 37 heavy (non-hydrogen) atoms. The van der Waals surface area contributed by atoms with Crippen molar-refractivity contribution < 1.29 is 19.4 Å². The Morgan fingerprint density at radius 3 is 2.54 bits per heavy atom. The predicted molar refractivity (Wildman–Crippen MR) is 135 cm³/mol. The number of ether oxygens (including phenoxy) is 1. The van der Waals surface area contributed by atoms with Crippen molar-refractivity contribution in [3.63, 3.8) is 0 Å². The normalized spacial score (nSPS) is 17.1. The number of pyridine rings is 1. The molecule has 4 heterocycles. The van der Waals surface area contributed by atoms with Gasteiger partial charge in [0.05, 0.1) is 28.2 Å². The van der Waals surface area contributed by atoms with Crippen molar-refractivity contribution in [3.8, 4) is 11.5 Å². The van der Waals surface area contributed by atoms with Gasteiger partial charge in [-0.25, -0.2) is 0 Å². The summed E-state index contributed by atoms with van der Waals surface area (Å²) in [6, 6.07) is 8.62. The van der Waals surface area contributed by atoms with Gasteiger partial charge in [0.15, 0.2) is 5.69 Å². The van der Waals surface area contributed by atoms with Crippen LogP contribution >= 0.6 is 23.2 Å². The Kier molecular flexibility index (Phi) is 7.03. The SMILES string of the molecule is O=C1c2c(O)c(=O)nc([C@@H]3CCCN3C(=O)c3c(Cl)cncc3Cl)n2CCN1CCOc1ccccc1. The van der Waals surface area contributed by atoms with Gasteiger partial charge in [-0.1, -0.05) is 41.4 Å². The maximum absolute atomic E-state index is 13.4. The van der Waals surface area contributed by atoms with Gasteiger partial charge in [0.1, 0.15) is 18.2 Å². The first-order valence-corrected chi connectivity index (χ1v) is 12.5. The first kappa shape index (κ1) is 25.0. The average Bonchev–Trinajstić information content (AvgIpc) is 3.37. The van der Waals surface area contributed by atoms with Crippen molar-refractivity contribution in [2.24, 2.45) is 0 Å². The fourth-order valence-electron chi connectivity index (χ4n) is 4.77. The molecule has 1 N–H and O–H groups in total. The molecule has 0 aliphatic carbocycles. The highest BCUT2D eigenvalue weighted by atomic mass is 35.5. The summed E-state index contributed by atoms with van der Waals surface area (Å²) >= 11 is 12.4. The molecule has 2 aliphatic rings. The smallest absolute Gasteiger partial charge is 0.315 e. The minimum absolute atomic E-state index is 0.115. The second kappa shape index (κ2) is 10.4. The van der Waals surface area contributed by atoms with Crippen LogP contribution in [0.25, 0.3) is 0 Å². The van der Waals surface area contributed by atoms with Crippen molar-refractivity contribution in [2.75, 3.05) is 26.2 Å². The van der Waals surface area contributed by atoms with Crippen molar-refractivity contribution in [1.82, 2.24) is 24.3 Å². The number of nitrogens with zero attached hydrogens (tertiary/aromatic N) is 5. The fourth-order valence-corrected chi connectivity index (χ4v) is 5.30. The Bertz CT molecular complexity index is 1390. The van der Waals surface area contributed by atoms with Gasteiger partial charge in [-0.2, -0.15) is 4.98 Å². The molecule has 10 nitrogen and oxygen atoms in total. The number of fused-ring (bicyclic) bond motifs is 1. The molecule has 2 aliphatic heterocycles. The number of carbonyl (C=O) groups is 2. The minimum Gasteiger partial charge on any atom is -0.501 e. The third-order valence-electron chi connectivity index (χ3n) is 6.52. The summed E-state index contributed by atoms with van der Waals surface area (Å²) in [5.74, 6) is -0.703. The molecule has 2 aromatic heterocycles. The Hall–Kier alpha value is -3.63. The van der Waals surface area contributed by atoms with Crippen LogP contribution in [0.15, 0.2) is 47.5 Å². The number of aromatic hydroxyl groups is 1. The van der Waals surface area contributed by atoms with E-state index in [2.05, 4.69) is 9.97 Å². The maximum atomic E-state index is 13.4. The number of likely N-dealkylation sites (tertiary alicyclic amines) is 1. The summed E-state index contributed by atoms with van der Waals surface area (Å²) < 4.78 is 7.24. The van der Waals surface area contributed by atoms with Gasteiger partial charge in [0.2, 0.25) is 5.75 Å². The second-order valence-electron chi connectivity index (χ2n) is 8.71. The molecular weight excluding hydrogens is 521 g/mol. The van der Waals surface area contributed by atoms with E-state index in [4.69, 9.17) is 27.9 Å². The molecule has 5 rings (SSSR count). The summed E-state index contributed by atoms with van der Waals surface area (Å²) in [5.41, 5.74) is -0.942. The van der Waals surface area contributed by atoms with Gasteiger partial charge >= 0.3 is 5.56 Å². The maximum Gasteiger partial charge on any atom is 0.315 e. The topological polar surface area (TPSA) is 118 Å². The molecule has 0 unspecified atom stereocenters. The molecule has 1 aromatic carbocycles. The highest BCUT2D eigenvalue weighted by Gasteiger charge is 2.39. The van der Waals surface area contributed by atoms with E-state index in [1.807, 2.05) is 30.3 Å². The van der Waals surface area contributed by atoms with Crippen LogP contribution in [0.2, 0.25) is 10.0 Å². The van der Waals surface area contributed by atoms with Gasteiger partial charge in [-0.05, 0) is 25.0 Å². The molecule has 0 bridgehead atoms. The number of hydrogen-bond acceptors (Lipinski definition) is 7. The molecule has 1 fully saturated rings. The monoisotopic (exact) mass is 543 g/mol. The first-order chi connectivity index (χ1) is 17.9. The van der Waals surface area contributed by atoms with E-state index in [0.29, 0.717) is 31.7 Å². The lowest BCUT2D eigenvalue weighted by molar-refractivity contribution is 0.0656. The van der Waals surface area contributed by atoms with Gasteiger partial charge in [0.25, 0.3) is 11.8 Å². The van der Waals surface area contributed by atoms with Crippen LogP contribution in [-0.2, 0) is 6.54 Å². The van der Waals surface area contributed by atoms with Crippen LogP contribution in [0.3, 0.4) is 0 Å². The van der Waals surface area contributed by atoms with Crippen LogP contribution in [0.1, 0.15) is 45.6 Å². The Morgan fingerprint density at radius 2 is 1.81 bits per heavy atom. The zero-order chi connectivity index (χ0) is 26.1. The van der Waals surface area contributed by atoms with Crippen LogP contribution in [0.4, 0.5) is 0 Å². The lowest BCUT2D eigenvalue weighted by atomic mass is 10.1. The average molecular weight is 544 g/mol. The van der Waals surface area contributed by atoms with Crippen molar-refractivity contribution in [3.05, 3.63) is 80.2 Å². The zero-order valence-electron chi connectivity index (χ0n) is 19.6. The van der Waals surface area contributed by atoms with E-state index < -0.39 is 29.2 Å². The quantitative estimate of drug-likeness (QED) is 0.507. The zero-order valence-corrected chi connectivity index (χ0v) is 21.2. The summed E-state index contributed by atoms with van der Waals surface area (Å²) in [6.07, 6.45) is 3.85. The lowest BCUT2D eigenvalue weighted by Crippen LogP contribution is -2.46. The number of para-hydroxylation sites is 1. The lowest BCUT2D eigenvalue weighted by Gasteiger charge is -2.33. The largest absolute Gasteiger partial charge is 0.501 e. The van der Waals surface area contributed by atoms with Crippen LogP contribution in [0, 0.1) is 0 Å². The molecule has 0 saturated carbocycles. The van der Waals surface area contributed by atoms with E-state index in [9.17, 15) is 19.5 Å². The molecule has 3 aromatic rings. The number of carbonyl (C=O) groups excluding carboxylic acids is 2. The summed E-state index contributed by atoms with van der Waals surface area (Å²) in [7, 11) is 0. The third kappa shape index (κ3) is 4.74. The minimum atomic E-state index is -0.920. The number of rotatable bonds is 6. The van der Waals surface area contributed by atoms with Crippen molar-refractivity contribution in [2.45, 2.75) is 25.4 Å². The number of hydrogen-bond donors (Lipinski definition) is 1. The Morgan fingerprint density at radius 1 is 1.08 bits per heavy atom. The molecule has 12 heteroatoms. The van der Waals surface area contributed by atoms with E-state index in [1.54, 1.807) is 9.47 Å². The predicted octanol–water partition coefficient (Wildman–Crippen LogP) is 3.16. The van der Waals surface area contributed by atoms with Crippen LogP contribution < -0.4 is 10.3 Å². The number of benzene rings is 1. The highest BCUT2D eigenvalue weighted by molar-refractivity contribution is 6.39.